The van der Waals surface area contributed by atoms with Crippen LogP contribution in [0.4, 0.5) is 5.69 Å². The molecule has 0 aliphatic carbocycles. The van der Waals surface area contributed by atoms with Crippen LogP contribution in [0.25, 0.3) is 0 Å². The van der Waals surface area contributed by atoms with E-state index in [-0.39, 0.29) is 6.04 Å². The maximum absolute atomic E-state index is 12.7. The molecule has 1 aromatic carbocycles. The molecule has 1 heterocycles. The maximum atomic E-state index is 12.7. The predicted molar refractivity (Wildman–Crippen MR) is 81.6 cm³/mol. The minimum absolute atomic E-state index is 0.246. The van der Waals surface area contributed by atoms with Crippen molar-refractivity contribution in [3.05, 3.63) is 24.3 Å². The number of nitrogens with one attached hydrogen (secondary N) is 1. The lowest BCUT2D eigenvalue weighted by molar-refractivity contribution is 0.293. The van der Waals surface area contributed by atoms with E-state index in [1.807, 2.05) is 32.1 Å². The van der Waals surface area contributed by atoms with Crippen LogP contribution in [0.1, 0.15) is 12.8 Å². The van der Waals surface area contributed by atoms with Crippen LogP contribution in [0.3, 0.4) is 0 Å². The molecule has 1 unspecified atom stereocenters. The van der Waals surface area contributed by atoms with Crippen molar-refractivity contribution < 1.29 is 8.42 Å². The smallest absolute Gasteiger partial charge is 0.243 e. The van der Waals surface area contributed by atoms with E-state index in [4.69, 9.17) is 0 Å². The molecule has 20 heavy (non-hydrogen) atoms. The molecule has 0 saturated carbocycles. The number of hydrogen-bond acceptors (Lipinski definition) is 4. The number of piperidine rings is 1. The lowest BCUT2D eigenvalue weighted by Crippen LogP contribution is -2.46. The van der Waals surface area contributed by atoms with Gasteiger partial charge < -0.3 is 10.2 Å². The first-order chi connectivity index (χ1) is 9.45. The normalized spacial score (nSPS) is 20.9. The van der Waals surface area contributed by atoms with Crippen LogP contribution in [-0.2, 0) is 10.0 Å². The highest BCUT2D eigenvalue weighted by atomic mass is 32.2. The fraction of sp³-hybridized carbons (Fsp3) is 0.571. The van der Waals surface area contributed by atoms with E-state index in [0.29, 0.717) is 18.0 Å². The molecule has 0 amide bonds. The van der Waals surface area contributed by atoms with Gasteiger partial charge in [0.1, 0.15) is 0 Å². The van der Waals surface area contributed by atoms with Crippen LogP contribution in [0.2, 0.25) is 0 Å². The van der Waals surface area contributed by atoms with Crippen molar-refractivity contribution in [2.24, 2.45) is 0 Å². The van der Waals surface area contributed by atoms with E-state index < -0.39 is 10.0 Å². The molecule has 1 atom stereocenters. The molecule has 0 bridgehead atoms. The Kier molecular flexibility index (Phi) is 4.67. The van der Waals surface area contributed by atoms with Crippen molar-refractivity contribution in [1.29, 1.82) is 0 Å². The molecular formula is C14H23N3O2S. The number of benzene rings is 1. The molecule has 0 radical (unpaired) electrons. The molecule has 1 saturated heterocycles. The fourth-order valence-corrected chi connectivity index (χ4v) is 4.03. The molecule has 0 spiro atoms. The molecule has 0 aromatic heterocycles. The summed E-state index contributed by atoms with van der Waals surface area (Å²) < 4.78 is 27.0. The highest BCUT2D eigenvalue weighted by molar-refractivity contribution is 7.89. The summed E-state index contributed by atoms with van der Waals surface area (Å²) in [7, 11) is 2.30. The molecule has 1 fully saturated rings. The molecule has 1 N–H and O–H groups in total. The van der Waals surface area contributed by atoms with Crippen molar-refractivity contribution >= 4 is 15.7 Å². The van der Waals surface area contributed by atoms with Gasteiger partial charge in [-0.25, -0.2) is 8.42 Å². The Morgan fingerprint density at radius 3 is 2.75 bits per heavy atom. The standard InChI is InChI=1S/C14H23N3O2S/c1-15-12-6-5-9-17(11-12)20(18,19)14-8-4-7-13(10-14)16(2)3/h4,7-8,10,12,15H,5-6,9,11H2,1-3H3. The van der Waals surface area contributed by atoms with E-state index in [1.54, 1.807) is 22.5 Å². The van der Waals surface area contributed by atoms with Gasteiger partial charge in [-0.3, -0.25) is 0 Å². The summed E-state index contributed by atoms with van der Waals surface area (Å²) in [6.07, 6.45) is 1.93. The molecule has 1 aliphatic rings. The average molecular weight is 297 g/mol. The van der Waals surface area contributed by atoms with Gasteiger partial charge in [0.05, 0.1) is 4.90 Å². The van der Waals surface area contributed by atoms with Crippen LogP contribution in [0, 0.1) is 0 Å². The van der Waals surface area contributed by atoms with E-state index in [9.17, 15) is 8.42 Å². The molecule has 6 heteroatoms. The third-order valence-electron chi connectivity index (χ3n) is 3.76. The molecule has 5 nitrogen and oxygen atoms in total. The first-order valence-electron chi connectivity index (χ1n) is 6.90. The highest BCUT2D eigenvalue weighted by Crippen LogP contribution is 2.23. The summed E-state index contributed by atoms with van der Waals surface area (Å²) in [6, 6.07) is 7.35. The van der Waals surface area contributed by atoms with E-state index in [0.717, 1.165) is 18.5 Å². The zero-order valence-corrected chi connectivity index (χ0v) is 13.2. The number of rotatable bonds is 4. The van der Waals surface area contributed by atoms with Gasteiger partial charge in [-0.2, -0.15) is 4.31 Å². The van der Waals surface area contributed by atoms with Crippen LogP contribution in [0.5, 0.6) is 0 Å². The first-order valence-corrected chi connectivity index (χ1v) is 8.34. The third kappa shape index (κ3) is 3.13. The zero-order valence-electron chi connectivity index (χ0n) is 12.3. The number of likely N-dealkylation sites (N-methyl/N-ethyl adjacent to an activating group) is 1. The molecule has 1 aromatic rings. The molecule has 112 valence electrons. The van der Waals surface area contributed by atoms with Crippen LogP contribution < -0.4 is 10.2 Å². The second-order valence-corrected chi connectivity index (χ2v) is 7.32. The Morgan fingerprint density at radius 1 is 1.35 bits per heavy atom. The van der Waals surface area contributed by atoms with Crippen LogP contribution >= 0.6 is 0 Å². The van der Waals surface area contributed by atoms with Crippen LogP contribution in [0.15, 0.2) is 29.2 Å². The average Bonchev–Trinajstić information content (AvgIpc) is 2.47. The predicted octanol–water partition coefficient (Wildman–Crippen LogP) is 1.13. The van der Waals surface area contributed by atoms with Crippen molar-refractivity contribution in [2.75, 3.05) is 39.1 Å². The number of hydrogen-bond donors (Lipinski definition) is 1. The van der Waals surface area contributed by atoms with Gasteiger partial charge in [0, 0.05) is 38.9 Å². The Hall–Kier alpha value is -1.11. The summed E-state index contributed by atoms with van der Waals surface area (Å²) >= 11 is 0. The summed E-state index contributed by atoms with van der Waals surface area (Å²) in [5, 5.41) is 3.17. The second kappa shape index (κ2) is 6.11. The van der Waals surface area contributed by atoms with Crippen molar-refractivity contribution in [3.8, 4) is 0 Å². The minimum Gasteiger partial charge on any atom is -0.378 e. The van der Waals surface area contributed by atoms with Crippen molar-refractivity contribution in [1.82, 2.24) is 9.62 Å². The Bertz CT molecular complexity index is 557. The van der Waals surface area contributed by atoms with Gasteiger partial charge in [-0.05, 0) is 38.1 Å². The lowest BCUT2D eigenvalue weighted by atomic mass is 10.1. The van der Waals surface area contributed by atoms with Gasteiger partial charge in [-0.15, -0.1) is 0 Å². The highest BCUT2D eigenvalue weighted by Gasteiger charge is 2.29. The van der Waals surface area contributed by atoms with Gasteiger partial charge in [-0.1, -0.05) is 6.07 Å². The maximum Gasteiger partial charge on any atom is 0.243 e. The third-order valence-corrected chi connectivity index (χ3v) is 5.63. The SMILES string of the molecule is CNC1CCCN(S(=O)(=O)c2cccc(N(C)C)c2)C1. The van der Waals surface area contributed by atoms with Gasteiger partial charge in [0.15, 0.2) is 0 Å². The summed E-state index contributed by atoms with van der Waals surface area (Å²) in [5.41, 5.74) is 0.897. The first kappa shape index (κ1) is 15.3. The summed E-state index contributed by atoms with van der Waals surface area (Å²) in [6.45, 7) is 1.15. The number of anilines is 1. The molecule has 1 aliphatic heterocycles. The van der Waals surface area contributed by atoms with Crippen LogP contribution in [-0.4, -0.2) is 53.0 Å². The topological polar surface area (TPSA) is 52.7 Å². The molecular weight excluding hydrogens is 274 g/mol. The summed E-state index contributed by atoms with van der Waals surface area (Å²) in [5.74, 6) is 0. The van der Waals surface area contributed by atoms with Crippen molar-refractivity contribution in [2.45, 2.75) is 23.8 Å². The van der Waals surface area contributed by atoms with Gasteiger partial charge in [0.2, 0.25) is 10.0 Å². The Morgan fingerprint density at radius 2 is 2.10 bits per heavy atom. The van der Waals surface area contributed by atoms with Gasteiger partial charge in [0.25, 0.3) is 0 Å². The molecule has 2 rings (SSSR count). The van der Waals surface area contributed by atoms with Gasteiger partial charge >= 0.3 is 0 Å². The number of sulfonamides is 1. The number of nitrogens with zero attached hydrogens (tertiary/aromatic N) is 2. The second-order valence-electron chi connectivity index (χ2n) is 5.38. The monoisotopic (exact) mass is 297 g/mol. The Balaban J connectivity index is 2.28. The van der Waals surface area contributed by atoms with E-state index >= 15 is 0 Å². The fourth-order valence-electron chi connectivity index (χ4n) is 2.47. The van der Waals surface area contributed by atoms with Crippen molar-refractivity contribution in [3.63, 3.8) is 0 Å². The largest absolute Gasteiger partial charge is 0.378 e. The minimum atomic E-state index is -3.39. The lowest BCUT2D eigenvalue weighted by Gasteiger charge is -2.31. The Labute approximate surface area is 121 Å². The quantitative estimate of drug-likeness (QED) is 0.905. The zero-order chi connectivity index (χ0) is 14.8. The van der Waals surface area contributed by atoms with E-state index in [2.05, 4.69) is 5.32 Å². The summed E-state index contributed by atoms with van der Waals surface area (Å²) in [4.78, 5) is 2.28. The van der Waals surface area contributed by atoms with E-state index in [1.165, 1.54) is 0 Å².